The number of sulfonamides is 1. The van der Waals surface area contributed by atoms with Gasteiger partial charge in [-0.25, -0.2) is 13.1 Å². The molecule has 1 heterocycles. The lowest BCUT2D eigenvalue weighted by Gasteiger charge is -2.18. The second-order valence-corrected chi connectivity index (χ2v) is 11.1. The van der Waals surface area contributed by atoms with Crippen LogP contribution in [-0.2, 0) is 22.9 Å². The summed E-state index contributed by atoms with van der Waals surface area (Å²) in [5.74, 6) is 0. The van der Waals surface area contributed by atoms with Gasteiger partial charge in [-0.05, 0) is 67.3 Å². The quantitative estimate of drug-likeness (QED) is 0.203. The van der Waals surface area contributed by atoms with E-state index in [4.69, 9.17) is 5.73 Å². The van der Waals surface area contributed by atoms with E-state index in [0.717, 1.165) is 29.8 Å². The van der Waals surface area contributed by atoms with Crippen molar-refractivity contribution in [3.63, 3.8) is 0 Å². The molecule has 40 heavy (non-hydrogen) atoms. The fraction of sp³-hybridized carbons (Fsp3) is 0.290. The number of aryl methyl sites for hydroxylation is 3. The zero-order valence-corrected chi connectivity index (χ0v) is 24.7. The number of para-hydroxylation sites is 2. The van der Waals surface area contributed by atoms with E-state index in [-0.39, 0.29) is 10.5 Å². The summed E-state index contributed by atoms with van der Waals surface area (Å²) in [7, 11) is -3.54. The molecule has 4 rings (SSSR count). The molecule has 0 aliphatic carbocycles. The van der Waals surface area contributed by atoms with Gasteiger partial charge in [-0.15, -0.1) is 0 Å². The first kappa shape index (κ1) is 30.6. The molecule has 3 N–H and O–H groups in total. The zero-order valence-electron chi connectivity index (χ0n) is 23.9. The maximum atomic E-state index is 13.0. The van der Waals surface area contributed by atoms with Crippen LogP contribution in [0.15, 0.2) is 87.5 Å². The molecule has 0 bridgehead atoms. The molecule has 0 saturated carbocycles. The predicted molar refractivity (Wildman–Crippen MR) is 165 cm³/mol. The van der Waals surface area contributed by atoms with Crippen molar-refractivity contribution in [2.24, 2.45) is 4.99 Å². The zero-order chi connectivity index (χ0) is 29.3. The maximum absolute atomic E-state index is 13.0. The van der Waals surface area contributed by atoms with Crippen LogP contribution in [0.1, 0.15) is 50.1 Å². The number of anilines is 1. The minimum atomic E-state index is -3.54. The van der Waals surface area contributed by atoms with Gasteiger partial charge in [0.1, 0.15) is 0 Å². The molecule has 4 aromatic rings. The van der Waals surface area contributed by atoms with Gasteiger partial charge in [-0.3, -0.25) is 14.9 Å². The highest BCUT2D eigenvalue weighted by Gasteiger charge is 2.21. The van der Waals surface area contributed by atoms with E-state index in [9.17, 15) is 13.2 Å². The lowest BCUT2D eigenvalue weighted by molar-refractivity contribution is 0.445. The second kappa shape index (κ2) is 13.9. The molecule has 0 amide bonds. The summed E-state index contributed by atoms with van der Waals surface area (Å²) < 4.78 is 28.1. The van der Waals surface area contributed by atoms with Gasteiger partial charge in [-0.1, -0.05) is 64.1 Å². The Balaban J connectivity index is 0.000000415. The van der Waals surface area contributed by atoms with Crippen molar-refractivity contribution in [3.8, 4) is 5.69 Å². The number of benzene rings is 3. The Bertz CT molecular complexity index is 1600. The summed E-state index contributed by atoms with van der Waals surface area (Å²) >= 11 is 0. The average Bonchev–Trinajstić information content (AvgIpc) is 3.25. The summed E-state index contributed by atoms with van der Waals surface area (Å²) in [4.78, 5) is 17.7. The van der Waals surface area contributed by atoms with E-state index in [1.54, 1.807) is 32.2 Å². The van der Waals surface area contributed by atoms with E-state index in [2.05, 4.69) is 30.0 Å². The molecule has 9 heteroatoms. The standard InChI is InChI=1S/C23H28N4O3S.C8H11N/c1-5-18-10-8-9-11-22(18)24-16-21-17(4)25-27(23(21)28)19-12-14-20(15-13-19)31(29,30)26(6-2)7-3;1-2-7-5-3-4-6-8(7)9/h8-16,25H,5-7H2,1-4H3;3-6H,2,9H2,1H3. The fourth-order valence-corrected chi connectivity index (χ4v) is 5.76. The van der Waals surface area contributed by atoms with Crippen molar-refractivity contribution in [1.82, 2.24) is 14.1 Å². The number of aromatic nitrogens is 2. The molecular weight excluding hydrogens is 522 g/mol. The Hall–Kier alpha value is -3.95. The van der Waals surface area contributed by atoms with Gasteiger partial charge in [0.15, 0.2) is 0 Å². The molecule has 0 atom stereocenters. The lowest BCUT2D eigenvalue weighted by atomic mass is 10.1. The summed E-state index contributed by atoms with van der Waals surface area (Å²) in [5.41, 5.74) is 11.2. The molecule has 0 aliphatic heterocycles. The van der Waals surface area contributed by atoms with Gasteiger partial charge in [0, 0.05) is 30.7 Å². The topological polar surface area (TPSA) is 114 Å². The number of aromatic amines is 1. The van der Waals surface area contributed by atoms with Crippen molar-refractivity contribution in [2.75, 3.05) is 18.8 Å². The molecule has 0 aliphatic rings. The number of hydrogen-bond donors (Lipinski definition) is 2. The monoisotopic (exact) mass is 561 g/mol. The molecule has 212 valence electrons. The lowest BCUT2D eigenvalue weighted by Crippen LogP contribution is -2.30. The summed E-state index contributed by atoms with van der Waals surface area (Å²) in [6.07, 6.45) is 3.46. The van der Waals surface area contributed by atoms with Gasteiger partial charge < -0.3 is 5.73 Å². The Morgan fingerprint density at radius 2 is 1.45 bits per heavy atom. The molecular formula is C31H39N5O3S. The molecule has 0 fully saturated rings. The highest BCUT2D eigenvalue weighted by molar-refractivity contribution is 7.89. The maximum Gasteiger partial charge on any atom is 0.280 e. The molecule has 0 unspecified atom stereocenters. The number of H-pyrrole nitrogens is 1. The van der Waals surface area contributed by atoms with Gasteiger partial charge in [0.25, 0.3) is 5.56 Å². The number of aliphatic imine (C=N–C) groups is 1. The van der Waals surface area contributed by atoms with Crippen LogP contribution in [0.3, 0.4) is 0 Å². The number of nitrogen functional groups attached to an aromatic ring is 1. The first-order valence-electron chi connectivity index (χ1n) is 13.5. The smallest absolute Gasteiger partial charge is 0.280 e. The van der Waals surface area contributed by atoms with Gasteiger partial charge >= 0.3 is 0 Å². The van der Waals surface area contributed by atoms with Crippen molar-refractivity contribution >= 4 is 27.6 Å². The Morgan fingerprint density at radius 3 is 2.00 bits per heavy atom. The van der Waals surface area contributed by atoms with Gasteiger partial charge in [-0.2, -0.15) is 4.31 Å². The third-order valence-corrected chi connectivity index (χ3v) is 8.76. The third kappa shape index (κ3) is 6.97. The molecule has 0 saturated heterocycles. The summed E-state index contributed by atoms with van der Waals surface area (Å²) in [5, 5.41) is 3.05. The van der Waals surface area contributed by atoms with Gasteiger partial charge in [0.2, 0.25) is 10.0 Å². The van der Waals surface area contributed by atoms with Crippen LogP contribution in [0.4, 0.5) is 11.4 Å². The first-order valence-corrected chi connectivity index (χ1v) is 15.0. The highest BCUT2D eigenvalue weighted by Crippen LogP contribution is 2.20. The van der Waals surface area contributed by atoms with Crippen LogP contribution < -0.4 is 11.3 Å². The predicted octanol–water partition coefficient (Wildman–Crippen LogP) is 5.65. The van der Waals surface area contributed by atoms with Crippen LogP contribution in [0.25, 0.3) is 5.69 Å². The molecule has 8 nitrogen and oxygen atoms in total. The Kier molecular flexibility index (Phi) is 10.6. The fourth-order valence-electron chi connectivity index (χ4n) is 4.30. The van der Waals surface area contributed by atoms with Crippen molar-refractivity contribution in [2.45, 2.75) is 52.4 Å². The Labute approximate surface area is 237 Å². The van der Waals surface area contributed by atoms with Crippen LogP contribution in [0, 0.1) is 6.92 Å². The molecule has 0 radical (unpaired) electrons. The van der Waals surface area contributed by atoms with Crippen LogP contribution in [-0.4, -0.2) is 41.8 Å². The summed E-state index contributed by atoms with van der Waals surface area (Å²) in [6.45, 7) is 10.4. The van der Waals surface area contributed by atoms with E-state index in [1.807, 2.05) is 49.4 Å². The molecule has 1 aromatic heterocycles. The molecule has 3 aromatic carbocycles. The summed E-state index contributed by atoms with van der Waals surface area (Å²) in [6, 6.07) is 22.1. The van der Waals surface area contributed by atoms with Gasteiger partial charge in [0.05, 0.1) is 21.8 Å². The molecule has 0 spiro atoms. The minimum Gasteiger partial charge on any atom is -0.399 e. The van der Waals surface area contributed by atoms with Crippen LogP contribution in [0.5, 0.6) is 0 Å². The normalized spacial score (nSPS) is 11.6. The second-order valence-electron chi connectivity index (χ2n) is 9.17. The SMILES string of the molecule is CCc1ccccc1N.CCc1ccccc1N=Cc1c(C)[nH]n(-c2ccc(S(=O)(=O)N(CC)CC)cc2)c1=O. The van der Waals surface area contributed by atoms with Crippen molar-refractivity contribution in [3.05, 3.63) is 106 Å². The largest absolute Gasteiger partial charge is 0.399 e. The van der Waals surface area contributed by atoms with E-state index in [0.29, 0.717) is 30.0 Å². The minimum absolute atomic E-state index is 0.203. The first-order chi connectivity index (χ1) is 19.2. The number of rotatable bonds is 9. The van der Waals surface area contributed by atoms with Crippen LogP contribution >= 0.6 is 0 Å². The number of nitrogens with two attached hydrogens (primary N) is 1. The van der Waals surface area contributed by atoms with Crippen LogP contribution in [0.2, 0.25) is 0 Å². The van der Waals surface area contributed by atoms with E-state index in [1.165, 1.54) is 26.7 Å². The number of nitrogens with zero attached hydrogens (tertiary/aromatic N) is 3. The average molecular weight is 562 g/mol. The van der Waals surface area contributed by atoms with E-state index < -0.39 is 10.0 Å². The number of nitrogens with one attached hydrogen (secondary N) is 1. The Morgan fingerprint density at radius 1 is 0.875 bits per heavy atom. The van der Waals surface area contributed by atoms with Crippen molar-refractivity contribution < 1.29 is 8.42 Å². The van der Waals surface area contributed by atoms with Crippen molar-refractivity contribution in [1.29, 1.82) is 0 Å². The highest BCUT2D eigenvalue weighted by atomic mass is 32.2. The van der Waals surface area contributed by atoms with E-state index >= 15 is 0 Å². The third-order valence-electron chi connectivity index (χ3n) is 6.70. The number of hydrogen-bond acceptors (Lipinski definition) is 5.